The zero-order valence-corrected chi connectivity index (χ0v) is 12.1. The van der Waals surface area contributed by atoms with Gasteiger partial charge in [-0.25, -0.2) is 0 Å². The summed E-state index contributed by atoms with van der Waals surface area (Å²) >= 11 is 0. The topological polar surface area (TPSA) is 24.9 Å². The van der Waals surface area contributed by atoms with Gasteiger partial charge in [-0.1, -0.05) is 12.1 Å². The summed E-state index contributed by atoms with van der Waals surface area (Å²) < 4.78 is 0. The lowest BCUT2D eigenvalue weighted by molar-refractivity contribution is 0.672. The van der Waals surface area contributed by atoms with E-state index in [1.807, 2.05) is 0 Å². The Morgan fingerprint density at radius 3 is 2.63 bits per heavy atom. The maximum atomic E-state index is 4.98. The van der Waals surface area contributed by atoms with Gasteiger partial charge in [0.1, 0.15) is 0 Å². The summed E-state index contributed by atoms with van der Waals surface area (Å²) in [5, 5.41) is 4.94. The number of hydrogen-bond acceptors (Lipinski definition) is 2. The lowest BCUT2D eigenvalue weighted by atomic mass is 9.91. The van der Waals surface area contributed by atoms with Crippen LogP contribution >= 0.6 is 0 Å². The van der Waals surface area contributed by atoms with Gasteiger partial charge in [0.05, 0.1) is 5.52 Å². The fourth-order valence-electron chi connectivity index (χ4n) is 3.20. The van der Waals surface area contributed by atoms with Gasteiger partial charge in [-0.05, 0) is 63.1 Å². The first-order valence-electron chi connectivity index (χ1n) is 7.38. The highest BCUT2D eigenvalue weighted by molar-refractivity contribution is 5.97. The van der Waals surface area contributed by atoms with Crippen molar-refractivity contribution in [2.45, 2.75) is 46.5 Å². The second-order valence-electron chi connectivity index (χ2n) is 5.57. The number of nitrogens with one attached hydrogen (secondary N) is 1. The van der Waals surface area contributed by atoms with E-state index in [-0.39, 0.29) is 0 Å². The standard InChI is InChI=1S/C17H22N2/c1-4-18-17-13-7-5-6-8-14(13)19-16-12(3)10-9-11(2)15(16)17/h9-10H,4-8H2,1-3H3,(H,18,19). The van der Waals surface area contributed by atoms with Gasteiger partial charge >= 0.3 is 0 Å². The molecule has 1 heterocycles. The third-order valence-corrected chi connectivity index (χ3v) is 4.18. The summed E-state index contributed by atoms with van der Waals surface area (Å²) in [4.78, 5) is 4.98. The number of fused-ring (bicyclic) bond motifs is 2. The van der Waals surface area contributed by atoms with Crippen molar-refractivity contribution >= 4 is 16.6 Å². The number of pyridine rings is 1. The molecule has 0 fully saturated rings. The third kappa shape index (κ3) is 1.99. The van der Waals surface area contributed by atoms with Crippen LogP contribution in [0.5, 0.6) is 0 Å². The Morgan fingerprint density at radius 2 is 1.84 bits per heavy atom. The summed E-state index contributed by atoms with van der Waals surface area (Å²) in [7, 11) is 0. The molecule has 0 bridgehead atoms. The molecule has 0 aliphatic heterocycles. The number of nitrogens with zero attached hydrogens (tertiary/aromatic N) is 1. The fourth-order valence-corrected chi connectivity index (χ4v) is 3.20. The van der Waals surface area contributed by atoms with Crippen molar-refractivity contribution < 1.29 is 0 Å². The van der Waals surface area contributed by atoms with Gasteiger partial charge < -0.3 is 5.32 Å². The van der Waals surface area contributed by atoms with Crippen LogP contribution in [0.25, 0.3) is 10.9 Å². The van der Waals surface area contributed by atoms with Crippen LogP contribution in [-0.2, 0) is 12.8 Å². The molecule has 0 radical (unpaired) electrons. The average molecular weight is 254 g/mol. The Labute approximate surface area is 115 Å². The smallest absolute Gasteiger partial charge is 0.0758 e. The Bertz CT molecular complexity index is 629. The highest BCUT2D eigenvalue weighted by Crippen LogP contribution is 2.36. The van der Waals surface area contributed by atoms with Crippen molar-refractivity contribution in [2.75, 3.05) is 11.9 Å². The van der Waals surface area contributed by atoms with Crippen LogP contribution in [0.15, 0.2) is 12.1 Å². The van der Waals surface area contributed by atoms with Crippen LogP contribution in [0, 0.1) is 13.8 Å². The Hall–Kier alpha value is -1.57. The second-order valence-corrected chi connectivity index (χ2v) is 5.57. The van der Waals surface area contributed by atoms with E-state index in [1.165, 1.54) is 58.2 Å². The molecule has 0 amide bonds. The molecule has 1 aliphatic rings. The highest BCUT2D eigenvalue weighted by Gasteiger charge is 2.19. The molecule has 1 aromatic carbocycles. The summed E-state index contributed by atoms with van der Waals surface area (Å²) in [6.45, 7) is 7.50. The van der Waals surface area contributed by atoms with Crippen LogP contribution in [0.3, 0.4) is 0 Å². The van der Waals surface area contributed by atoms with Gasteiger partial charge in [0.2, 0.25) is 0 Å². The lowest BCUT2D eigenvalue weighted by Crippen LogP contribution is -2.12. The predicted octanol–water partition coefficient (Wildman–Crippen LogP) is 4.16. The molecule has 0 unspecified atom stereocenters. The number of hydrogen-bond donors (Lipinski definition) is 1. The number of aryl methyl sites for hydroxylation is 3. The molecule has 2 aromatic rings. The van der Waals surface area contributed by atoms with Crippen molar-refractivity contribution in [1.29, 1.82) is 0 Å². The quantitative estimate of drug-likeness (QED) is 0.870. The number of aromatic nitrogens is 1. The van der Waals surface area contributed by atoms with E-state index in [0.29, 0.717) is 0 Å². The molecule has 2 heteroatoms. The van der Waals surface area contributed by atoms with Gasteiger partial charge in [0.15, 0.2) is 0 Å². The van der Waals surface area contributed by atoms with E-state index in [1.54, 1.807) is 0 Å². The van der Waals surface area contributed by atoms with E-state index >= 15 is 0 Å². The zero-order valence-electron chi connectivity index (χ0n) is 12.1. The predicted molar refractivity (Wildman–Crippen MR) is 82.0 cm³/mol. The lowest BCUT2D eigenvalue weighted by Gasteiger charge is -2.22. The molecule has 0 saturated heterocycles. The molecular weight excluding hydrogens is 232 g/mol. The molecule has 2 nitrogen and oxygen atoms in total. The first kappa shape index (κ1) is 12.5. The average Bonchev–Trinajstić information content (AvgIpc) is 2.43. The molecule has 0 saturated carbocycles. The van der Waals surface area contributed by atoms with Gasteiger partial charge in [0, 0.05) is 23.3 Å². The number of rotatable bonds is 2. The van der Waals surface area contributed by atoms with Crippen molar-refractivity contribution in [1.82, 2.24) is 4.98 Å². The summed E-state index contributed by atoms with van der Waals surface area (Å²) in [5.41, 5.74) is 7.95. The molecule has 1 aromatic heterocycles. The van der Waals surface area contributed by atoms with Crippen LogP contribution < -0.4 is 5.32 Å². The maximum Gasteiger partial charge on any atom is 0.0758 e. The Morgan fingerprint density at radius 1 is 1.11 bits per heavy atom. The van der Waals surface area contributed by atoms with E-state index in [9.17, 15) is 0 Å². The van der Waals surface area contributed by atoms with Gasteiger partial charge in [-0.2, -0.15) is 0 Å². The minimum absolute atomic E-state index is 0.971. The molecule has 1 aliphatic carbocycles. The Kier molecular flexibility index (Phi) is 3.17. The molecule has 0 spiro atoms. The minimum Gasteiger partial charge on any atom is -0.384 e. The summed E-state index contributed by atoms with van der Waals surface area (Å²) in [5.74, 6) is 0. The van der Waals surface area contributed by atoms with Crippen LogP contribution in [-0.4, -0.2) is 11.5 Å². The van der Waals surface area contributed by atoms with Gasteiger partial charge in [-0.3, -0.25) is 4.98 Å². The second kappa shape index (κ2) is 4.84. The summed E-state index contributed by atoms with van der Waals surface area (Å²) in [6.07, 6.45) is 4.89. The maximum absolute atomic E-state index is 4.98. The molecule has 1 N–H and O–H groups in total. The molecular formula is C17H22N2. The normalized spacial score (nSPS) is 14.5. The first-order valence-corrected chi connectivity index (χ1v) is 7.38. The number of anilines is 1. The fraction of sp³-hybridized carbons (Fsp3) is 0.471. The van der Waals surface area contributed by atoms with E-state index < -0.39 is 0 Å². The molecule has 3 rings (SSSR count). The van der Waals surface area contributed by atoms with E-state index in [2.05, 4.69) is 38.2 Å². The Balaban J connectivity index is 2.39. The summed E-state index contributed by atoms with van der Waals surface area (Å²) in [6, 6.07) is 4.41. The first-order chi connectivity index (χ1) is 9.22. The zero-order chi connectivity index (χ0) is 13.4. The van der Waals surface area contributed by atoms with E-state index in [0.717, 1.165) is 13.0 Å². The monoisotopic (exact) mass is 254 g/mol. The van der Waals surface area contributed by atoms with Gasteiger partial charge in [0.25, 0.3) is 0 Å². The molecule has 100 valence electrons. The number of benzene rings is 1. The van der Waals surface area contributed by atoms with Crippen molar-refractivity contribution in [3.05, 3.63) is 34.5 Å². The van der Waals surface area contributed by atoms with Crippen molar-refractivity contribution in [3.8, 4) is 0 Å². The largest absolute Gasteiger partial charge is 0.384 e. The van der Waals surface area contributed by atoms with E-state index in [4.69, 9.17) is 4.98 Å². The van der Waals surface area contributed by atoms with Crippen molar-refractivity contribution in [3.63, 3.8) is 0 Å². The third-order valence-electron chi connectivity index (χ3n) is 4.18. The highest BCUT2D eigenvalue weighted by atomic mass is 14.9. The minimum atomic E-state index is 0.971. The molecule has 0 atom stereocenters. The van der Waals surface area contributed by atoms with Crippen LogP contribution in [0.4, 0.5) is 5.69 Å². The van der Waals surface area contributed by atoms with Crippen LogP contribution in [0.1, 0.15) is 42.1 Å². The van der Waals surface area contributed by atoms with Crippen molar-refractivity contribution in [2.24, 2.45) is 0 Å². The molecule has 19 heavy (non-hydrogen) atoms. The van der Waals surface area contributed by atoms with Crippen LogP contribution in [0.2, 0.25) is 0 Å². The SMILES string of the molecule is CCNc1c2c(nc3c(C)ccc(C)c13)CCCC2. The van der Waals surface area contributed by atoms with Gasteiger partial charge in [-0.15, -0.1) is 0 Å².